The molecule has 2 nitrogen and oxygen atoms in total. The molecule has 0 radical (unpaired) electrons. The number of hydrogen-bond donors (Lipinski definition) is 0. The second-order valence-corrected chi connectivity index (χ2v) is 6.23. The Bertz CT molecular complexity index is 161. The summed E-state index contributed by atoms with van der Waals surface area (Å²) >= 11 is 7.06. The number of unbranched alkanes of at least 4 members (excludes halogenated alkanes) is 5. The molecule has 0 bridgehead atoms. The van der Waals surface area contributed by atoms with Crippen LogP contribution in [0.15, 0.2) is 0 Å². The molecule has 0 heterocycles. The highest BCUT2D eigenvalue weighted by Crippen LogP contribution is 2.33. The summed E-state index contributed by atoms with van der Waals surface area (Å²) in [5.41, 5.74) is 0. The molecule has 0 aromatic carbocycles. The number of halogens is 2. The number of hydrogen-bond acceptors (Lipinski definition) is 2. The Balaban J connectivity index is 3.60. The van der Waals surface area contributed by atoms with Crippen LogP contribution in [0.25, 0.3) is 0 Å². The first kappa shape index (κ1) is 16.9. The van der Waals surface area contributed by atoms with Gasteiger partial charge in [-0.3, -0.25) is 0 Å². The third-order valence-corrected chi connectivity index (χ3v) is 5.62. The summed E-state index contributed by atoms with van der Waals surface area (Å²) in [6.07, 6.45) is 8.91. The van der Waals surface area contributed by atoms with Crippen LogP contribution in [0.4, 0.5) is 0 Å². The normalized spacial score (nSPS) is 14.1. The Morgan fingerprint density at radius 1 is 1.00 bits per heavy atom. The van der Waals surface area contributed by atoms with Gasteiger partial charge in [-0.1, -0.05) is 61.4 Å². The van der Waals surface area contributed by atoms with Crippen molar-refractivity contribution in [2.45, 2.75) is 61.4 Å². The zero-order valence-corrected chi connectivity index (χ0v) is 13.8. The summed E-state index contributed by atoms with van der Waals surface area (Å²) < 4.78 is 9.90. The lowest BCUT2D eigenvalue weighted by Crippen LogP contribution is -2.36. The van der Waals surface area contributed by atoms with Crippen molar-refractivity contribution in [3.63, 3.8) is 0 Å². The summed E-state index contributed by atoms with van der Waals surface area (Å²) in [5.74, 6) is 0. The summed E-state index contributed by atoms with van der Waals surface area (Å²) in [4.78, 5) is 0.182. The minimum absolute atomic E-state index is 0.182. The molecule has 0 saturated carbocycles. The van der Waals surface area contributed by atoms with E-state index in [1.807, 2.05) is 0 Å². The van der Waals surface area contributed by atoms with E-state index in [2.05, 4.69) is 38.8 Å². The van der Waals surface area contributed by atoms with Crippen molar-refractivity contribution in [3.05, 3.63) is 0 Å². The Morgan fingerprint density at radius 2 is 1.50 bits per heavy atom. The zero-order valence-electron chi connectivity index (χ0n) is 10.6. The highest BCUT2D eigenvalue weighted by atomic mass is 79.9. The van der Waals surface area contributed by atoms with Gasteiger partial charge in [0.2, 0.25) is 4.70 Å². The van der Waals surface area contributed by atoms with Gasteiger partial charge >= 0.3 is 0 Å². The van der Waals surface area contributed by atoms with Crippen molar-refractivity contribution in [1.82, 2.24) is 0 Å². The van der Waals surface area contributed by atoms with E-state index in [-0.39, 0.29) is 4.83 Å². The van der Waals surface area contributed by atoms with E-state index >= 15 is 0 Å². The maximum Gasteiger partial charge on any atom is 0.238 e. The SMILES string of the molecule is CCCCCCCCC(Br)C(Br)(OC)OC. The molecule has 0 rings (SSSR count). The maximum absolute atomic E-state index is 5.29. The number of alkyl halides is 2. The monoisotopic (exact) mass is 358 g/mol. The molecule has 98 valence electrons. The average molecular weight is 360 g/mol. The van der Waals surface area contributed by atoms with Gasteiger partial charge in [0.25, 0.3) is 0 Å². The Hall–Kier alpha value is 0.880. The van der Waals surface area contributed by atoms with E-state index in [1.165, 1.54) is 38.5 Å². The van der Waals surface area contributed by atoms with Crippen LogP contribution in [-0.2, 0) is 9.47 Å². The molecule has 0 aliphatic rings. The second kappa shape index (κ2) is 9.86. The Kier molecular flexibility index (Phi) is 10.4. The third kappa shape index (κ3) is 6.58. The summed E-state index contributed by atoms with van der Waals surface area (Å²) in [6, 6.07) is 0. The molecule has 1 atom stereocenters. The standard InChI is InChI=1S/C12H24Br2O2/c1-4-5-6-7-8-9-10-11(13)12(14,15-2)16-3/h11H,4-10H2,1-3H3. The second-order valence-electron chi connectivity index (χ2n) is 4.01. The molecular weight excluding hydrogens is 336 g/mol. The van der Waals surface area contributed by atoms with Crippen molar-refractivity contribution < 1.29 is 9.47 Å². The first-order valence-corrected chi connectivity index (χ1v) is 7.74. The smallest absolute Gasteiger partial charge is 0.238 e. The first-order chi connectivity index (χ1) is 7.60. The Labute approximate surface area is 117 Å². The molecule has 4 heteroatoms. The number of ether oxygens (including phenoxy) is 2. The van der Waals surface area contributed by atoms with E-state index in [4.69, 9.17) is 9.47 Å². The predicted molar refractivity (Wildman–Crippen MR) is 76.4 cm³/mol. The third-order valence-electron chi connectivity index (χ3n) is 2.74. The molecule has 0 spiro atoms. The molecule has 0 aliphatic heterocycles. The Morgan fingerprint density at radius 3 is 2.00 bits per heavy atom. The van der Waals surface area contributed by atoms with E-state index in [0.717, 1.165) is 6.42 Å². The minimum atomic E-state index is -0.684. The first-order valence-electron chi connectivity index (χ1n) is 6.04. The van der Waals surface area contributed by atoms with E-state index in [1.54, 1.807) is 14.2 Å². The van der Waals surface area contributed by atoms with Crippen LogP contribution in [-0.4, -0.2) is 23.7 Å². The van der Waals surface area contributed by atoms with Crippen LogP contribution >= 0.6 is 31.9 Å². The van der Waals surface area contributed by atoms with Crippen LogP contribution in [0.5, 0.6) is 0 Å². The van der Waals surface area contributed by atoms with Gasteiger partial charge in [-0.2, -0.15) is 0 Å². The van der Waals surface area contributed by atoms with Crippen LogP contribution in [0, 0.1) is 0 Å². The molecule has 0 aliphatic carbocycles. The van der Waals surface area contributed by atoms with Gasteiger partial charge in [-0.05, 0) is 22.4 Å². The van der Waals surface area contributed by atoms with Gasteiger partial charge < -0.3 is 9.47 Å². The number of rotatable bonds is 10. The lowest BCUT2D eigenvalue weighted by Gasteiger charge is -2.29. The lowest BCUT2D eigenvalue weighted by molar-refractivity contribution is -0.127. The van der Waals surface area contributed by atoms with Crippen LogP contribution in [0.1, 0.15) is 51.9 Å². The molecule has 0 aromatic heterocycles. The zero-order chi connectivity index (χ0) is 12.4. The molecule has 0 aromatic rings. The maximum atomic E-state index is 5.29. The fraction of sp³-hybridized carbons (Fsp3) is 1.00. The van der Waals surface area contributed by atoms with E-state index in [9.17, 15) is 0 Å². The minimum Gasteiger partial charge on any atom is -0.343 e. The van der Waals surface area contributed by atoms with Crippen molar-refractivity contribution in [3.8, 4) is 0 Å². The van der Waals surface area contributed by atoms with Gasteiger partial charge in [-0.25, -0.2) is 0 Å². The summed E-state index contributed by atoms with van der Waals surface area (Å²) in [5, 5.41) is 0. The van der Waals surface area contributed by atoms with Gasteiger partial charge in [0, 0.05) is 14.2 Å². The van der Waals surface area contributed by atoms with Gasteiger partial charge in [0.1, 0.15) is 0 Å². The molecule has 0 N–H and O–H groups in total. The highest BCUT2D eigenvalue weighted by Gasteiger charge is 2.34. The lowest BCUT2D eigenvalue weighted by atomic mass is 10.1. The molecule has 0 fully saturated rings. The fourth-order valence-corrected chi connectivity index (χ4v) is 2.54. The van der Waals surface area contributed by atoms with Crippen molar-refractivity contribution in [1.29, 1.82) is 0 Å². The van der Waals surface area contributed by atoms with Crippen LogP contribution in [0.2, 0.25) is 0 Å². The highest BCUT2D eigenvalue weighted by molar-refractivity contribution is 9.12. The van der Waals surface area contributed by atoms with Crippen molar-refractivity contribution >= 4 is 31.9 Å². The van der Waals surface area contributed by atoms with Crippen molar-refractivity contribution in [2.24, 2.45) is 0 Å². The van der Waals surface area contributed by atoms with Gasteiger partial charge in [-0.15, -0.1) is 0 Å². The topological polar surface area (TPSA) is 18.5 Å². The van der Waals surface area contributed by atoms with E-state index < -0.39 is 4.70 Å². The largest absolute Gasteiger partial charge is 0.343 e. The van der Waals surface area contributed by atoms with Crippen molar-refractivity contribution in [2.75, 3.05) is 14.2 Å². The quantitative estimate of drug-likeness (QED) is 0.315. The fourth-order valence-electron chi connectivity index (χ4n) is 1.62. The molecule has 0 saturated heterocycles. The van der Waals surface area contributed by atoms with Gasteiger partial charge in [0.15, 0.2) is 0 Å². The van der Waals surface area contributed by atoms with Crippen LogP contribution in [0.3, 0.4) is 0 Å². The number of methoxy groups -OCH3 is 2. The average Bonchev–Trinajstić information content (AvgIpc) is 2.32. The summed E-state index contributed by atoms with van der Waals surface area (Å²) in [7, 11) is 3.29. The molecule has 0 amide bonds. The molecule has 1 unspecified atom stereocenters. The van der Waals surface area contributed by atoms with E-state index in [0.29, 0.717) is 0 Å². The predicted octanol–water partition coefficient (Wildman–Crippen LogP) is 4.84. The van der Waals surface area contributed by atoms with Crippen LogP contribution < -0.4 is 0 Å². The molecule has 16 heavy (non-hydrogen) atoms. The molecular formula is C12H24Br2O2. The summed E-state index contributed by atoms with van der Waals surface area (Å²) in [6.45, 7) is 2.24. The van der Waals surface area contributed by atoms with Gasteiger partial charge in [0.05, 0.1) is 4.83 Å².